The van der Waals surface area contributed by atoms with Gasteiger partial charge in [-0.05, 0) is 58.1 Å². The molecule has 0 amide bonds. The van der Waals surface area contributed by atoms with Crippen molar-refractivity contribution in [1.82, 2.24) is 10.2 Å². The minimum atomic E-state index is 0.980. The van der Waals surface area contributed by atoms with Crippen LogP contribution in [0.15, 0.2) is 0 Å². The number of piperidine rings is 1. The molecule has 0 radical (unpaired) electrons. The Kier molecular flexibility index (Phi) is 6.65. The lowest BCUT2D eigenvalue weighted by atomic mass is 9.94. The molecule has 0 aromatic rings. The molecule has 1 rings (SSSR count). The van der Waals surface area contributed by atoms with Gasteiger partial charge < -0.3 is 10.2 Å². The molecule has 0 saturated carbocycles. The average molecular weight is 216 g/mol. The van der Waals surface area contributed by atoms with Crippen LogP contribution in [0.4, 0.5) is 0 Å². The van der Waals surface area contributed by atoms with Gasteiger partial charge in [-0.15, -0.1) is 0 Å². The van der Waals surface area contributed by atoms with E-state index in [4.69, 9.17) is 0 Å². The fourth-order valence-corrected chi connectivity index (χ4v) is 2.30. The number of hydrogen-bond acceptors (Lipinski definition) is 3. The highest BCUT2D eigenvalue weighted by atomic mass is 32.2. The minimum absolute atomic E-state index is 0.980. The van der Waals surface area contributed by atoms with E-state index in [1.165, 1.54) is 51.2 Å². The summed E-state index contributed by atoms with van der Waals surface area (Å²) in [6.45, 7) is 4.99. The predicted octanol–water partition coefficient (Wildman–Crippen LogP) is 1.67. The minimum Gasteiger partial charge on any atom is -0.316 e. The standard InChI is InChI=1S/C11H24N2S/c1-13-8-4-11(5-9-13)3-6-12-7-10-14-2/h11-12H,3-10H2,1-2H3. The van der Waals surface area contributed by atoms with Crippen molar-refractivity contribution in [1.29, 1.82) is 0 Å². The van der Waals surface area contributed by atoms with Gasteiger partial charge in [0.1, 0.15) is 0 Å². The van der Waals surface area contributed by atoms with Crippen LogP contribution in [0, 0.1) is 5.92 Å². The maximum absolute atomic E-state index is 3.51. The first-order chi connectivity index (χ1) is 6.83. The van der Waals surface area contributed by atoms with Crippen LogP contribution in [0.3, 0.4) is 0 Å². The summed E-state index contributed by atoms with van der Waals surface area (Å²) in [5, 5.41) is 3.51. The van der Waals surface area contributed by atoms with Gasteiger partial charge in [0.25, 0.3) is 0 Å². The van der Waals surface area contributed by atoms with Crippen LogP contribution in [0.1, 0.15) is 19.3 Å². The Bertz CT molecular complexity index is 133. The molecular weight excluding hydrogens is 192 g/mol. The molecule has 0 atom stereocenters. The lowest BCUT2D eigenvalue weighted by molar-refractivity contribution is 0.212. The molecule has 2 nitrogen and oxygen atoms in total. The third kappa shape index (κ3) is 5.23. The van der Waals surface area contributed by atoms with Crippen LogP contribution >= 0.6 is 11.8 Å². The first-order valence-corrected chi connectivity index (χ1v) is 7.10. The zero-order valence-electron chi connectivity index (χ0n) is 9.59. The third-order valence-corrected chi connectivity index (χ3v) is 3.66. The van der Waals surface area contributed by atoms with E-state index in [-0.39, 0.29) is 0 Å². The Labute approximate surface area is 92.8 Å². The van der Waals surface area contributed by atoms with Gasteiger partial charge in [0.15, 0.2) is 0 Å². The first-order valence-electron chi connectivity index (χ1n) is 5.71. The van der Waals surface area contributed by atoms with Crippen molar-refractivity contribution >= 4 is 11.8 Å². The number of nitrogens with zero attached hydrogens (tertiary/aromatic N) is 1. The molecule has 0 spiro atoms. The molecule has 1 saturated heterocycles. The van der Waals surface area contributed by atoms with Gasteiger partial charge in [0, 0.05) is 12.3 Å². The fraction of sp³-hybridized carbons (Fsp3) is 1.00. The molecule has 1 N–H and O–H groups in total. The number of nitrogens with one attached hydrogen (secondary N) is 1. The van der Waals surface area contributed by atoms with Crippen LogP contribution in [0.2, 0.25) is 0 Å². The number of thioether (sulfide) groups is 1. The van der Waals surface area contributed by atoms with Crippen molar-refractivity contribution in [3.63, 3.8) is 0 Å². The second-order valence-corrected chi connectivity index (χ2v) is 5.26. The SMILES string of the molecule is CSCCNCCC1CCN(C)CC1. The van der Waals surface area contributed by atoms with E-state index in [1.54, 1.807) is 0 Å². The first kappa shape index (κ1) is 12.3. The molecule has 0 bridgehead atoms. The molecule has 1 fully saturated rings. The Hall–Kier alpha value is 0.270. The van der Waals surface area contributed by atoms with Crippen molar-refractivity contribution in [3.05, 3.63) is 0 Å². The molecule has 0 unspecified atom stereocenters. The summed E-state index contributed by atoms with van der Waals surface area (Å²) in [5.41, 5.74) is 0. The Morgan fingerprint density at radius 1 is 1.29 bits per heavy atom. The van der Waals surface area contributed by atoms with Gasteiger partial charge in [-0.2, -0.15) is 11.8 Å². The molecule has 1 aliphatic heterocycles. The summed E-state index contributed by atoms with van der Waals surface area (Å²) >= 11 is 1.92. The van der Waals surface area contributed by atoms with Crippen LogP contribution in [-0.4, -0.2) is 50.1 Å². The van der Waals surface area contributed by atoms with Crippen molar-refractivity contribution in [2.45, 2.75) is 19.3 Å². The lowest BCUT2D eigenvalue weighted by Gasteiger charge is -2.28. The Morgan fingerprint density at radius 3 is 2.64 bits per heavy atom. The second kappa shape index (κ2) is 7.55. The predicted molar refractivity (Wildman–Crippen MR) is 66.1 cm³/mol. The zero-order chi connectivity index (χ0) is 10.2. The van der Waals surface area contributed by atoms with E-state index in [2.05, 4.69) is 23.5 Å². The van der Waals surface area contributed by atoms with Crippen LogP contribution in [0.5, 0.6) is 0 Å². The van der Waals surface area contributed by atoms with Gasteiger partial charge in [-0.1, -0.05) is 0 Å². The largest absolute Gasteiger partial charge is 0.316 e. The normalized spacial score (nSPS) is 20.1. The van der Waals surface area contributed by atoms with Gasteiger partial charge in [0.05, 0.1) is 0 Å². The monoisotopic (exact) mass is 216 g/mol. The van der Waals surface area contributed by atoms with Crippen molar-refractivity contribution in [2.24, 2.45) is 5.92 Å². The molecule has 0 aliphatic carbocycles. The summed E-state index contributed by atoms with van der Waals surface area (Å²) in [6.07, 6.45) is 6.35. The van der Waals surface area contributed by atoms with E-state index in [1.807, 2.05) is 11.8 Å². The van der Waals surface area contributed by atoms with Crippen LogP contribution < -0.4 is 5.32 Å². The summed E-state index contributed by atoms with van der Waals surface area (Å²) in [4.78, 5) is 2.44. The highest BCUT2D eigenvalue weighted by molar-refractivity contribution is 7.98. The highest BCUT2D eigenvalue weighted by Crippen LogP contribution is 2.18. The quantitative estimate of drug-likeness (QED) is 0.680. The van der Waals surface area contributed by atoms with E-state index >= 15 is 0 Å². The van der Waals surface area contributed by atoms with E-state index in [0.717, 1.165) is 5.92 Å². The topological polar surface area (TPSA) is 15.3 Å². The molecule has 0 aromatic carbocycles. The van der Waals surface area contributed by atoms with Crippen LogP contribution in [0.25, 0.3) is 0 Å². The number of hydrogen-bond donors (Lipinski definition) is 1. The number of rotatable bonds is 6. The maximum Gasteiger partial charge on any atom is 0.00553 e. The molecule has 1 heterocycles. The van der Waals surface area contributed by atoms with E-state index in [9.17, 15) is 0 Å². The van der Waals surface area contributed by atoms with Crippen molar-refractivity contribution in [3.8, 4) is 0 Å². The van der Waals surface area contributed by atoms with Crippen LogP contribution in [-0.2, 0) is 0 Å². The summed E-state index contributed by atoms with van der Waals surface area (Å²) in [6, 6.07) is 0. The molecule has 0 aromatic heterocycles. The Morgan fingerprint density at radius 2 is 2.00 bits per heavy atom. The average Bonchev–Trinajstić information content (AvgIpc) is 2.21. The van der Waals surface area contributed by atoms with Gasteiger partial charge in [0.2, 0.25) is 0 Å². The molecule has 1 aliphatic rings. The second-order valence-electron chi connectivity index (χ2n) is 4.28. The lowest BCUT2D eigenvalue weighted by Crippen LogP contribution is -2.31. The van der Waals surface area contributed by atoms with Gasteiger partial charge in [-0.3, -0.25) is 0 Å². The third-order valence-electron chi connectivity index (χ3n) is 3.05. The van der Waals surface area contributed by atoms with E-state index < -0.39 is 0 Å². The molecule has 3 heteroatoms. The fourth-order valence-electron chi connectivity index (χ4n) is 1.96. The molecule has 84 valence electrons. The highest BCUT2D eigenvalue weighted by Gasteiger charge is 2.15. The molecular formula is C11H24N2S. The van der Waals surface area contributed by atoms with Crippen molar-refractivity contribution < 1.29 is 0 Å². The summed E-state index contributed by atoms with van der Waals surface area (Å²) in [5.74, 6) is 2.22. The van der Waals surface area contributed by atoms with E-state index in [0.29, 0.717) is 0 Å². The maximum atomic E-state index is 3.51. The zero-order valence-corrected chi connectivity index (χ0v) is 10.4. The van der Waals surface area contributed by atoms with Crippen molar-refractivity contribution in [2.75, 3.05) is 45.2 Å². The smallest absolute Gasteiger partial charge is 0.00553 e. The summed E-state index contributed by atoms with van der Waals surface area (Å²) < 4.78 is 0. The Balaban J connectivity index is 1.91. The molecule has 14 heavy (non-hydrogen) atoms. The van der Waals surface area contributed by atoms with Gasteiger partial charge >= 0.3 is 0 Å². The summed E-state index contributed by atoms with van der Waals surface area (Å²) in [7, 11) is 2.23. The van der Waals surface area contributed by atoms with Gasteiger partial charge in [-0.25, -0.2) is 0 Å². The number of likely N-dealkylation sites (tertiary alicyclic amines) is 1.